The van der Waals surface area contributed by atoms with Gasteiger partial charge in [-0.3, -0.25) is 4.79 Å². The van der Waals surface area contributed by atoms with Crippen LogP contribution in [0.25, 0.3) is 0 Å². The molecule has 0 unspecified atom stereocenters. The van der Waals surface area contributed by atoms with Crippen LogP contribution in [0.3, 0.4) is 0 Å². The summed E-state index contributed by atoms with van der Waals surface area (Å²) in [5, 5.41) is 13.9. The number of amides is 1. The molecule has 6 nitrogen and oxygen atoms in total. The molecule has 0 fully saturated rings. The lowest BCUT2D eigenvalue weighted by atomic mass is 10.2. The van der Waals surface area contributed by atoms with Gasteiger partial charge in [-0.05, 0) is 12.3 Å². The van der Waals surface area contributed by atoms with Crippen LogP contribution in [0, 0.1) is 5.92 Å². The second-order valence-corrected chi connectivity index (χ2v) is 4.72. The standard InChI is InChI=1S/C12H23N5O/c1-4-7-17-11(9-15-16-17)13-6-5-12(18)14-8-10(2)3/h9-10,13H,4-8H2,1-3H3,(H,14,18). The topological polar surface area (TPSA) is 71.8 Å². The van der Waals surface area contributed by atoms with Crippen LogP contribution < -0.4 is 10.6 Å². The van der Waals surface area contributed by atoms with Crippen LogP contribution in [0.5, 0.6) is 0 Å². The molecule has 1 heterocycles. The number of aromatic nitrogens is 3. The van der Waals surface area contributed by atoms with Gasteiger partial charge in [-0.2, -0.15) is 0 Å². The normalized spacial score (nSPS) is 10.7. The van der Waals surface area contributed by atoms with Gasteiger partial charge in [0.2, 0.25) is 5.91 Å². The summed E-state index contributed by atoms with van der Waals surface area (Å²) in [4.78, 5) is 11.5. The van der Waals surface area contributed by atoms with Crippen molar-refractivity contribution in [3.05, 3.63) is 6.20 Å². The van der Waals surface area contributed by atoms with Crippen molar-refractivity contribution in [3.63, 3.8) is 0 Å². The Balaban J connectivity index is 2.24. The maximum atomic E-state index is 11.5. The van der Waals surface area contributed by atoms with Gasteiger partial charge >= 0.3 is 0 Å². The van der Waals surface area contributed by atoms with Crippen molar-refractivity contribution >= 4 is 11.7 Å². The highest BCUT2D eigenvalue weighted by Crippen LogP contribution is 2.04. The molecule has 1 amide bonds. The number of carbonyl (C=O) groups is 1. The first-order valence-electron chi connectivity index (χ1n) is 6.52. The molecule has 0 atom stereocenters. The van der Waals surface area contributed by atoms with Crippen LogP contribution in [-0.4, -0.2) is 34.0 Å². The summed E-state index contributed by atoms with van der Waals surface area (Å²) in [6, 6.07) is 0. The Hall–Kier alpha value is -1.59. The molecule has 0 spiro atoms. The number of aryl methyl sites for hydroxylation is 1. The fraction of sp³-hybridized carbons (Fsp3) is 0.750. The van der Waals surface area contributed by atoms with Crippen LogP contribution >= 0.6 is 0 Å². The highest BCUT2D eigenvalue weighted by Gasteiger charge is 2.04. The molecule has 0 aliphatic heterocycles. The lowest BCUT2D eigenvalue weighted by Crippen LogP contribution is -2.28. The molecule has 0 saturated heterocycles. The van der Waals surface area contributed by atoms with Crippen molar-refractivity contribution in [3.8, 4) is 0 Å². The minimum absolute atomic E-state index is 0.0747. The SMILES string of the molecule is CCCn1nncc1NCCC(=O)NCC(C)C. The van der Waals surface area contributed by atoms with Crippen LogP contribution in [0.2, 0.25) is 0 Å². The first-order chi connectivity index (χ1) is 8.63. The fourth-order valence-corrected chi connectivity index (χ4v) is 1.48. The van der Waals surface area contributed by atoms with E-state index < -0.39 is 0 Å². The third-order valence-corrected chi connectivity index (χ3v) is 2.42. The Bertz CT molecular complexity index is 361. The predicted octanol–water partition coefficient (Wildman–Crippen LogP) is 1.26. The van der Waals surface area contributed by atoms with Gasteiger partial charge < -0.3 is 10.6 Å². The first-order valence-corrected chi connectivity index (χ1v) is 6.52. The molecule has 6 heteroatoms. The number of anilines is 1. The summed E-state index contributed by atoms with van der Waals surface area (Å²) >= 11 is 0. The Morgan fingerprint density at radius 3 is 2.94 bits per heavy atom. The minimum Gasteiger partial charge on any atom is -0.368 e. The molecule has 0 aliphatic rings. The van der Waals surface area contributed by atoms with Gasteiger partial charge in [-0.15, -0.1) is 5.10 Å². The molecule has 0 aromatic carbocycles. The third kappa shape index (κ3) is 5.16. The van der Waals surface area contributed by atoms with E-state index in [9.17, 15) is 4.79 Å². The minimum atomic E-state index is 0.0747. The molecule has 0 radical (unpaired) electrons. The largest absolute Gasteiger partial charge is 0.368 e. The van der Waals surface area contributed by atoms with Crippen molar-refractivity contribution in [1.82, 2.24) is 20.3 Å². The van der Waals surface area contributed by atoms with Gasteiger partial charge in [-0.25, -0.2) is 4.68 Å². The van der Waals surface area contributed by atoms with Gasteiger partial charge in [-0.1, -0.05) is 26.0 Å². The van der Waals surface area contributed by atoms with E-state index >= 15 is 0 Å². The molecular formula is C12H23N5O. The van der Waals surface area contributed by atoms with E-state index in [1.807, 2.05) is 4.68 Å². The van der Waals surface area contributed by atoms with E-state index in [0.717, 1.165) is 25.3 Å². The maximum Gasteiger partial charge on any atom is 0.221 e. The summed E-state index contributed by atoms with van der Waals surface area (Å²) in [7, 11) is 0. The van der Waals surface area contributed by atoms with Crippen LogP contribution in [-0.2, 0) is 11.3 Å². The molecule has 0 aliphatic carbocycles. The molecule has 18 heavy (non-hydrogen) atoms. The van der Waals surface area contributed by atoms with Crippen molar-refractivity contribution in [2.45, 2.75) is 40.2 Å². The van der Waals surface area contributed by atoms with Gasteiger partial charge in [0.1, 0.15) is 5.82 Å². The van der Waals surface area contributed by atoms with Gasteiger partial charge in [0.25, 0.3) is 0 Å². The quantitative estimate of drug-likeness (QED) is 0.731. The van der Waals surface area contributed by atoms with E-state index in [2.05, 4.69) is 41.7 Å². The van der Waals surface area contributed by atoms with Crippen LogP contribution in [0.1, 0.15) is 33.6 Å². The molecule has 1 aromatic heterocycles. The van der Waals surface area contributed by atoms with Gasteiger partial charge in [0.05, 0.1) is 6.20 Å². The number of nitrogens with zero attached hydrogens (tertiary/aromatic N) is 3. The predicted molar refractivity (Wildman–Crippen MR) is 71.3 cm³/mol. The van der Waals surface area contributed by atoms with E-state index in [1.54, 1.807) is 6.20 Å². The summed E-state index contributed by atoms with van der Waals surface area (Å²) in [6.45, 7) is 8.41. The van der Waals surface area contributed by atoms with Crippen molar-refractivity contribution in [2.24, 2.45) is 5.92 Å². The highest BCUT2D eigenvalue weighted by molar-refractivity contribution is 5.76. The zero-order chi connectivity index (χ0) is 13.4. The summed E-state index contributed by atoms with van der Waals surface area (Å²) in [5.74, 6) is 1.43. The van der Waals surface area contributed by atoms with Crippen molar-refractivity contribution < 1.29 is 4.79 Å². The summed E-state index contributed by atoms with van der Waals surface area (Å²) < 4.78 is 1.81. The van der Waals surface area contributed by atoms with E-state index in [-0.39, 0.29) is 5.91 Å². The maximum absolute atomic E-state index is 11.5. The lowest BCUT2D eigenvalue weighted by Gasteiger charge is -2.09. The fourth-order valence-electron chi connectivity index (χ4n) is 1.48. The Morgan fingerprint density at radius 2 is 2.28 bits per heavy atom. The van der Waals surface area contributed by atoms with Crippen molar-refractivity contribution in [2.75, 3.05) is 18.4 Å². The average molecular weight is 253 g/mol. The molecule has 1 aromatic rings. The zero-order valence-corrected chi connectivity index (χ0v) is 11.4. The number of hydrogen-bond acceptors (Lipinski definition) is 4. The van der Waals surface area contributed by atoms with E-state index in [0.29, 0.717) is 18.9 Å². The first kappa shape index (κ1) is 14.5. The van der Waals surface area contributed by atoms with Crippen LogP contribution in [0.4, 0.5) is 5.82 Å². The second kappa shape index (κ2) is 7.68. The molecule has 0 saturated carbocycles. The number of carbonyl (C=O) groups excluding carboxylic acids is 1. The molecule has 1 rings (SSSR count). The third-order valence-electron chi connectivity index (χ3n) is 2.42. The second-order valence-electron chi connectivity index (χ2n) is 4.72. The Labute approximate surface area is 108 Å². The number of hydrogen-bond donors (Lipinski definition) is 2. The van der Waals surface area contributed by atoms with Gasteiger partial charge in [0, 0.05) is 26.1 Å². The molecule has 102 valence electrons. The Morgan fingerprint density at radius 1 is 1.50 bits per heavy atom. The Kier molecular flexibility index (Phi) is 6.18. The summed E-state index contributed by atoms with van der Waals surface area (Å²) in [6.07, 6.45) is 3.15. The molecule has 0 bridgehead atoms. The van der Waals surface area contributed by atoms with Gasteiger partial charge in [0.15, 0.2) is 0 Å². The molecule has 2 N–H and O–H groups in total. The van der Waals surface area contributed by atoms with E-state index in [4.69, 9.17) is 0 Å². The summed E-state index contributed by atoms with van der Waals surface area (Å²) in [5.41, 5.74) is 0. The zero-order valence-electron chi connectivity index (χ0n) is 11.4. The van der Waals surface area contributed by atoms with E-state index in [1.165, 1.54) is 0 Å². The van der Waals surface area contributed by atoms with Crippen molar-refractivity contribution in [1.29, 1.82) is 0 Å². The average Bonchev–Trinajstić information content (AvgIpc) is 2.75. The smallest absolute Gasteiger partial charge is 0.221 e. The monoisotopic (exact) mass is 253 g/mol. The van der Waals surface area contributed by atoms with Crippen LogP contribution in [0.15, 0.2) is 6.20 Å². The molecular weight excluding hydrogens is 230 g/mol. The number of rotatable bonds is 8. The lowest BCUT2D eigenvalue weighted by molar-refractivity contribution is -0.120. The number of nitrogens with one attached hydrogen (secondary N) is 2. The highest BCUT2D eigenvalue weighted by atomic mass is 16.1.